The SMILES string of the molecule is c1ccc(-c2ccc3cc(-c4ccc5cc(N(c6ccccc6)c6cccc(-c7ccc8oc9ccccc9c8c7)c6)ccc5c4)ccc3c2)cc1. The summed E-state index contributed by atoms with van der Waals surface area (Å²) in [6, 6.07) is 71.8. The lowest BCUT2D eigenvalue weighted by Crippen LogP contribution is -2.09. The van der Waals surface area contributed by atoms with Gasteiger partial charge in [-0.3, -0.25) is 0 Å². The van der Waals surface area contributed by atoms with Gasteiger partial charge in [0.2, 0.25) is 0 Å². The molecule has 0 spiro atoms. The van der Waals surface area contributed by atoms with Gasteiger partial charge >= 0.3 is 0 Å². The fraction of sp³-hybridized carbons (Fsp3) is 0. The molecule has 0 N–H and O–H groups in total. The zero-order chi connectivity index (χ0) is 34.4. The van der Waals surface area contributed by atoms with Gasteiger partial charge in [0.1, 0.15) is 11.2 Å². The monoisotopic (exact) mass is 663 g/mol. The van der Waals surface area contributed by atoms with Crippen LogP contribution >= 0.6 is 0 Å². The molecule has 0 unspecified atom stereocenters. The Balaban J connectivity index is 1.00. The summed E-state index contributed by atoms with van der Waals surface area (Å²) in [5, 5.41) is 7.17. The smallest absolute Gasteiger partial charge is 0.135 e. The Kier molecular flexibility index (Phi) is 7.18. The highest BCUT2D eigenvalue weighted by molar-refractivity contribution is 6.06. The van der Waals surface area contributed by atoms with Gasteiger partial charge in [-0.05, 0) is 128 Å². The predicted octanol–water partition coefficient (Wildman–Crippen LogP) is 14.4. The fourth-order valence-electron chi connectivity index (χ4n) is 7.54. The molecule has 0 saturated carbocycles. The van der Waals surface area contributed by atoms with Gasteiger partial charge in [-0.15, -0.1) is 0 Å². The van der Waals surface area contributed by atoms with Crippen LogP contribution in [0, 0.1) is 0 Å². The van der Waals surface area contributed by atoms with Gasteiger partial charge < -0.3 is 9.32 Å². The van der Waals surface area contributed by atoms with Crippen molar-refractivity contribution in [3.05, 3.63) is 200 Å². The Morgan fingerprint density at radius 1 is 0.269 bits per heavy atom. The first-order valence-corrected chi connectivity index (χ1v) is 17.7. The van der Waals surface area contributed by atoms with E-state index in [1.165, 1.54) is 43.8 Å². The Morgan fingerprint density at radius 2 is 0.750 bits per heavy atom. The summed E-state index contributed by atoms with van der Waals surface area (Å²) >= 11 is 0. The first-order valence-electron chi connectivity index (χ1n) is 17.7. The second-order valence-corrected chi connectivity index (χ2v) is 13.4. The van der Waals surface area contributed by atoms with Crippen LogP contribution in [0.15, 0.2) is 205 Å². The third kappa shape index (κ3) is 5.39. The van der Waals surface area contributed by atoms with Crippen LogP contribution in [0.1, 0.15) is 0 Å². The molecule has 0 aliphatic rings. The third-order valence-corrected chi connectivity index (χ3v) is 10.2. The van der Waals surface area contributed by atoms with Gasteiger partial charge in [-0.2, -0.15) is 0 Å². The van der Waals surface area contributed by atoms with Gasteiger partial charge in [-0.25, -0.2) is 0 Å². The highest BCUT2D eigenvalue weighted by Crippen LogP contribution is 2.40. The molecule has 0 fully saturated rings. The molecule has 9 aromatic carbocycles. The van der Waals surface area contributed by atoms with E-state index in [-0.39, 0.29) is 0 Å². The molecule has 0 radical (unpaired) electrons. The molecule has 52 heavy (non-hydrogen) atoms. The van der Waals surface area contributed by atoms with Crippen LogP contribution in [-0.2, 0) is 0 Å². The molecule has 244 valence electrons. The maximum Gasteiger partial charge on any atom is 0.135 e. The van der Waals surface area contributed by atoms with Crippen molar-refractivity contribution in [3.8, 4) is 33.4 Å². The van der Waals surface area contributed by atoms with Crippen molar-refractivity contribution in [2.75, 3.05) is 4.90 Å². The molecule has 10 rings (SSSR count). The van der Waals surface area contributed by atoms with E-state index in [9.17, 15) is 0 Å². The topological polar surface area (TPSA) is 16.4 Å². The summed E-state index contributed by atoms with van der Waals surface area (Å²) < 4.78 is 6.12. The normalized spacial score (nSPS) is 11.5. The molecular weight excluding hydrogens is 631 g/mol. The average Bonchev–Trinajstić information content (AvgIpc) is 3.59. The van der Waals surface area contributed by atoms with Gasteiger partial charge in [0.05, 0.1) is 0 Å². The number of rotatable bonds is 6. The fourth-order valence-corrected chi connectivity index (χ4v) is 7.54. The van der Waals surface area contributed by atoms with Crippen molar-refractivity contribution in [3.63, 3.8) is 0 Å². The van der Waals surface area contributed by atoms with Gasteiger partial charge in [0.25, 0.3) is 0 Å². The van der Waals surface area contributed by atoms with E-state index in [0.717, 1.165) is 50.1 Å². The second-order valence-electron chi connectivity index (χ2n) is 13.4. The van der Waals surface area contributed by atoms with E-state index >= 15 is 0 Å². The minimum Gasteiger partial charge on any atom is -0.456 e. The largest absolute Gasteiger partial charge is 0.456 e. The molecule has 0 aliphatic carbocycles. The van der Waals surface area contributed by atoms with E-state index in [4.69, 9.17) is 4.42 Å². The maximum atomic E-state index is 6.12. The van der Waals surface area contributed by atoms with E-state index in [2.05, 4.69) is 193 Å². The maximum absolute atomic E-state index is 6.12. The van der Waals surface area contributed by atoms with Crippen LogP contribution in [0.5, 0.6) is 0 Å². The number of furan rings is 1. The number of hydrogen-bond acceptors (Lipinski definition) is 2. The van der Waals surface area contributed by atoms with Crippen molar-refractivity contribution in [1.29, 1.82) is 0 Å². The zero-order valence-electron chi connectivity index (χ0n) is 28.4. The number of anilines is 3. The van der Waals surface area contributed by atoms with Crippen LogP contribution in [0.4, 0.5) is 17.1 Å². The number of para-hydroxylation sites is 2. The highest BCUT2D eigenvalue weighted by atomic mass is 16.3. The summed E-state index contributed by atoms with van der Waals surface area (Å²) in [6.45, 7) is 0. The molecule has 2 heteroatoms. The quantitative estimate of drug-likeness (QED) is 0.176. The predicted molar refractivity (Wildman–Crippen MR) is 220 cm³/mol. The lowest BCUT2D eigenvalue weighted by molar-refractivity contribution is 0.669. The lowest BCUT2D eigenvalue weighted by atomic mass is 9.96. The van der Waals surface area contributed by atoms with Crippen LogP contribution in [0.3, 0.4) is 0 Å². The van der Waals surface area contributed by atoms with E-state index in [1.54, 1.807) is 0 Å². The first-order chi connectivity index (χ1) is 25.7. The highest BCUT2D eigenvalue weighted by Gasteiger charge is 2.15. The van der Waals surface area contributed by atoms with E-state index < -0.39 is 0 Å². The Hall–Kier alpha value is -6.90. The number of fused-ring (bicyclic) bond motifs is 5. The van der Waals surface area contributed by atoms with Crippen molar-refractivity contribution in [1.82, 2.24) is 0 Å². The number of hydrogen-bond donors (Lipinski definition) is 0. The van der Waals surface area contributed by atoms with Crippen molar-refractivity contribution >= 4 is 60.5 Å². The molecule has 10 aromatic rings. The van der Waals surface area contributed by atoms with Gasteiger partial charge in [0, 0.05) is 27.8 Å². The van der Waals surface area contributed by atoms with Crippen LogP contribution in [-0.4, -0.2) is 0 Å². The van der Waals surface area contributed by atoms with Crippen LogP contribution < -0.4 is 4.90 Å². The molecule has 0 atom stereocenters. The van der Waals surface area contributed by atoms with Crippen molar-refractivity contribution < 1.29 is 4.42 Å². The molecular formula is C50H33NO. The molecule has 0 bridgehead atoms. The molecule has 1 heterocycles. The lowest BCUT2D eigenvalue weighted by Gasteiger charge is -2.26. The third-order valence-electron chi connectivity index (χ3n) is 10.2. The summed E-state index contributed by atoms with van der Waals surface area (Å²) in [7, 11) is 0. The minimum absolute atomic E-state index is 0.907. The number of benzene rings is 9. The average molecular weight is 664 g/mol. The van der Waals surface area contributed by atoms with E-state index in [1.807, 2.05) is 12.1 Å². The van der Waals surface area contributed by atoms with Crippen molar-refractivity contribution in [2.24, 2.45) is 0 Å². The Labute approximate surface area is 302 Å². The first kappa shape index (κ1) is 30.0. The van der Waals surface area contributed by atoms with Crippen LogP contribution in [0.25, 0.3) is 76.9 Å². The Bertz CT molecular complexity index is 2910. The standard InChI is InChI=1S/C50H33NO/c1-3-10-34(11-4-1)36-18-19-38-29-39(21-20-37(38)28-36)40-22-23-42-32-46(26-24-41(42)30-40)51(44-13-5-2-6-14-44)45-15-9-12-35(31-45)43-25-27-50-48(33-43)47-16-7-8-17-49(47)52-50/h1-33H. The van der Waals surface area contributed by atoms with Crippen LogP contribution in [0.2, 0.25) is 0 Å². The summed E-state index contributed by atoms with van der Waals surface area (Å²) in [5.41, 5.74) is 12.4. The summed E-state index contributed by atoms with van der Waals surface area (Å²) in [4.78, 5) is 2.34. The van der Waals surface area contributed by atoms with Gasteiger partial charge in [0.15, 0.2) is 0 Å². The molecule has 0 saturated heterocycles. The second kappa shape index (κ2) is 12.5. The molecule has 1 aromatic heterocycles. The zero-order valence-corrected chi connectivity index (χ0v) is 28.4. The number of nitrogens with zero attached hydrogens (tertiary/aromatic N) is 1. The molecule has 2 nitrogen and oxygen atoms in total. The summed E-state index contributed by atoms with van der Waals surface area (Å²) in [5.74, 6) is 0. The molecule has 0 aliphatic heterocycles. The molecule has 0 amide bonds. The van der Waals surface area contributed by atoms with E-state index in [0.29, 0.717) is 0 Å². The Morgan fingerprint density at radius 3 is 1.48 bits per heavy atom. The van der Waals surface area contributed by atoms with Gasteiger partial charge in [-0.1, -0.05) is 127 Å². The van der Waals surface area contributed by atoms with Crippen molar-refractivity contribution in [2.45, 2.75) is 0 Å². The minimum atomic E-state index is 0.907. The summed E-state index contributed by atoms with van der Waals surface area (Å²) in [6.07, 6.45) is 0.